The molecule has 1 saturated heterocycles. The van der Waals surface area contributed by atoms with E-state index in [4.69, 9.17) is 9.47 Å². The summed E-state index contributed by atoms with van der Waals surface area (Å²) in [4.78, 5) is 31.8. The number of thiazole rings is 1. The number of aromatic nitrogens is 1. The first-order chi connectivity index (χ1) is 14.2. The minimum Gasteiger partial charge on any atom is -0.447 e. The second-order valence-corrected chi connectivity index (χ2v) is 7.91. The molecule has 0 radical (unpaired) electrons. The quantitative estimate of drug-likeness (QED) is 0.583. The smallest absolute Gasteiger partial charge is 0.307 e. The fourth-order valence-electron chi connectivity index (χ4n) is 3.26. The Hall–Kier alpha value is -2.77. The molecule has 1 aliphatic heterocycles. The van der Waals surface area contributed by atoms with Crippen LogP contribution in [0.4, 0.5) is 0 Å². The van der Waals surface area contributed by atoms with Crippen molar-refractivity contribution in [3.63, 3.8) is 0 Å². The summed E-state index contributed by atoms with van der Waals surface area (Å²) in [6.45, 7) is 2.01. The van der Waals surface area contributed by atoms with Gasteiger partial charge in [0.05, 0.1) is 34.9 Å². The van der Waals surface area contributed by atoms with E-state index < -0.39 is 12.1 Å². The number of nitrogens with zero attached hydrogens (tertiary/aromatic N) is 2. The van der Waals surface area contributed by atoms with Crippen molar-refractivity contribution in [3.05, 3.63) is 65.2 Å². The van der Waals surface area contributed by atoms with Gasteiger partial charge in [-0.3, -0.25) is 9.59 Å². The van der Waals surface area contributed by atoms with Crippen molar-refractivity contribution in [1.82, 2.24) is 9.88 Å². The summed E-state index contributed by atoms with van der Waals surface area (Å²) < 4.78 is 12.1. The van der Waals surface area contributed by atoms with E-state index in [9.17, 15) is 9.59 Å². The molecule has 150 valence electrons. The number of benzene rings is 2. The van der Waals surface area contributed by atoms with Crippen molar-refractivity contribution in [3.8, 4) is 0 Å². The van der Waals surface area contributed by atoms with E-state index in [0.717, 1.165) is 15.2 Å². The number of esters is 1. The van der Waals surface area contributed by atoms with Gasteiger partial charge in [-0.2, -0.15) is 0 Å². The zero-order valence-electron chi connectivity index (χ0n) is 16.0. The second kappa shape index (κ2) is 9.15. The van der Waals surface area contributed by atoms with Crippen LogP contribution in [0, 0.1) is 0 Å². The van der Waals surface area contributed by atoms with Crippen molar-refractivity contribution in [2.45, 2.75) is 18.9 Å². The normalized spacial score (nSPS) is 15.2. The standard InChI is InChI=1S/C22H22N2O4S/c25-20(11-10-19-23-17-8-4-5-9-18(17)29-19)28-21(16-6-2-1-3-7-16)22(26)24-12-14-27-15-13-24/h1-9,21H,10-15H2/t21-/m0/s1. The molecule has 0 saturated carbocycles. The van der Waals surface area contributed by atoms with Crippen LogP contribution in [0.1, 0.15) is 23.1 Å². The number of carbonyl (C=O) groups excluding carboxylic acids is 2. The van der Waals surface area contributed by atoms with Crippen molar-refractivity contribution in [1.29, 1.82) is 0 Å². The third-order valence-electron chi connectivity index (χ3n) is 4.78. The lowest BCUT2D eigenvalue weighted by Gasteiger charge is -2.30. The van der Waals surface area contributed by atoms with E-state index in [0.29, 0.717) is 38.3 Å². The van der Waals surface area contributed by atoms with Crippen LogP contribution < -0.4 is 0 Å². The van der Waals surface area contributed by atoms with Crippen LogP contribution in [-0.2, 0) is 25.5 Å². The lowest BCUT2D eigenvalue weighted by molar-refractivity contribution is -0.162. The molecule has 1 atom stereocenters. The van der Waals surface area contributed by atoms with Crippen molar-refractivity contribution >= 4 is 33.4 Å². The Morgan fingerprint density at radius 3 is 2.55 bits per heavy atom. The fourth-order valence-corrected chi connectivity index (χ4v) is 4.23. The predicted molar refractivity (Wildman–Crippen MR) is 111 cm³/mol. The van der Waals surface area contributed by atoms with E-state index in [1.165, 1.54) is 0 Å². The monoisotopic (exact) mass is 410 g/mol. The topological polar surface area (TPSA) is 68.7 Å². The van der Waals surface area contributed by atoms with Crippen LogP contribution in [0.5, 0.6) is 0 Å². The first-order valence-corrected chi connectivity index (χ1v) is 10.5. The second-order valence-electron chi connectivity index (χ2n) is 6.79. The highest BCUT2D eigenvalue weighted by Crippen LogP contribution is 2.24. The van der Waals surface area contributed by atoms with Gasteiger partial charge in [-0.1, -0.05) is 42.5 Å². The summed E-state index contributed by atoms with van der Waals surface area (Å²) in [5.41, 5.74) is 1.61. The van der Waals surface area contributed by atoms with Crippen molar-refractivity contribution in [2.24, 2.45) is 0 Å². The first-order valence-electron chi connectivity index (χ1n) is 9.66. The third kappa shape index (κ3) is 4.81. The van der Waals surface area contributed by atoms with Crippen LogP contribution in [0.2, 0.25) is 0 Å². The Labute approximate surface area is 173 Å². The maximum absolute atomic E-state index is 13.0. The molecule has 4 rings (SSSR count). The molecule has 1 fully saturated rings. The molecule has 1 amide bonds. The first kappa shape index (κ1) is 19.5. The van der Waals surface area contributed by atoms with E-state index in [1.54, 1.807) is 16.2 Å². The molecule has 0 bridgehead atoms. The minimum absolute atomic E-state index is 0.180. The number of hydrogen-bond acceptors (Lipinski definition) is 6. The van der Waals surface area contributed by atoms with Gasteiger partial charge >= 0.3 is 5.97 Å². The number of carbonyl (C=O) groups is 2. The molecule has 29 heavy (non-hydrogen) atoms. The number of amides is 1. The van der Waals surface area contributed by atoms with E-state index in [2.05, 4.69) is 4.98 Å². The summed E-state index contributed by atoms with van der Waals surface area (Å²) in [5, 5.41) is 0.888. The van der Waals surface area contributed by atoms with Gasteiger partial charge < -0.3 is 14.4 Å². The lowest BCUT2D eigenvalue weighted by atomic mass is 10.1. The molecule has 0 unspecified atom stereocenters. The lowest BCUT2D eigenvalue weighted by Crippen LogP contribution is -2.44. The molecular weight excluding hydrogens is 388 g/mol. The van der Waals surface area contributed by atoms with Gasteiger partial charge in [0.15, 0.2) is 0 Å². The van der Waals surface area contributed by atoms with Crippen LogP contribution in [-0.4, -0.2) is 48.1 Å². The Bertz CT molecular complexity index is 950. The van der Waals surface area contributed by atoms with E-state index in [1.807, 2.05) is 54.6 Å². The highest BCUT2D eigenvalue weighted by molar-refractivity contribution is 7.18. The number of ether oxygens (including phenoxy) is 2. The van der Waals surface area contributed by atoms with Crippen LogP contribution in [0.25, 0.3) is 10.2 Å². The highest BCUT2D eigenvalue weighted by atomic mass is 32.1. The Morgan fingerprint density at radius 1 is 1.07 bits per heavy atom. The molecule has 1 aromatic heterocycles. The van der Waals surface area contributed by atoms with Gasteiger partial charge in [0, 0.05) is 25.1 Å². The molecule has 0 spiro atoms. The van der Waals surface area contributed by atoms with Gasteiger partial charge in [0.1, 0.15) is 0 Å². The molecule has 2 heterocycles. The number of morpholine rings is 1. The molecule has 2 aromatic carbocycles. The maximum Gasteiger partial charge on any atom is 0.307 e. The number of hydrogen-bond donors (Lipinski definition) is 0. The summed E-state index contributed by atoms with van der Waals surface area (Å²) >= 11 is 1.58. The van der Waals surface area contributed by atoms with Gasteiger partial charge in [0.25, 0.3) is 5.91 Å². The fraction of sp³-hybridized carbons (Fsp3) is 0.318. The summed E-state index contributed by atoms with van der Waals surface area (Å²) in [7, 11) is 0. The van der Waals surface area contributed by atoms with Crippen molar-refractivity contribution in [2.75, 3.05) is 26.3 Å². The van der Waals surface area contributed by atoms with Gasteiger partial charge in [0.2, 0.25) is 6.10 Å². The zero-order valence-corrected chi connectivity index (χ0v) is 16.8. The minimum atomic E-state index is -0.933. The van der Waals surface area contributed by atoms with Crippen molar-refractivity contribution < 1.29 is 19.1 Å². The maximum atomic E-state index is 13.0. The average molecular weight is 410 g/mol. The Balaban J connectivity index is 1.43. The van der Waals surface area contributed by atoms with Gasteiger partial charge in [-0.25, -0.2) is 4.98 Å². The molecular formula is C22H22N2O4S. The van der Waals surface area contributed by atoms with Crippen LogP contribution in [0.3, 0.4) is 0 Å². The Morgan fingerprint density at radius 2 is 1.79 bits per heavy atom. The largest absolute Gasteiger partial charge is 0.447 e. The summed E-state index contributed by atoms with van der Waals surface area (Å²) in [6, 6.07) is 17.1. The molecule has 0 aliphatic carbocycles. The molecule has 7 heteroatoms. The molecule has 0 N–H and O–H groups in total. The number of fused-ring (bicyclic) bond motifs is 1. The highest BCUT2D eigenvalue weighted by Gasteiger charge is 2.30. The molecule has 1 aliphatic rings. The number of rotatable bonds is 6. The SMILES string of the molecule is O=C(CCc1nc2ccccc2s1)O[C@H](C(=O)N1CCOCC1)c1ccccc1. The Kier molecular flexibility index (Phi) is 6.17. The predicted octanol–water partition coefficient (Wildman–Crippen LogP) is 3.37. The third-order valence-corrected chi connectivity index (χ3v) is 5.88. The molecule has 6 nitrogen and oxygen atoms in total. The summed E-state index contributed by atoms with van der Waals surface area (Å²) in [6.07, 6.45) is -0.262. The van der Waals surface area contributed by atoms with Crippen LogP contribution in [0.15, 0.2) is 54.6 Å². The van der Waals surface area contributed by atoms with Crippen LogP contribution >= 0.6 is 11.3 Å². The van der Waals surface area contributed by atoms with E-state index in [-0.39, 0.29) is 12.3 Å². The number of para-hydroxylation sites is 1. The molecule has 3 aromatic rings. The zero-order chi connectivity index (χ0) is 20.1. The average Bonchev–Trinajstić information content (AvgIpc) is 3.20. The van der Waals surface area contributed by atoms with Gasteiger partial charge in [-0.05, 0) is 12.1 Å². The van der Waals surface area contributed by atoms with Gasteiger partial charge in [-0.15, -0.1) is 11.3 Å². The van der Waals surface area contributed by atoms with E-state index >= 15 is 0 Å². The summed E-state index contributed by atoms with van der Waals surface area (Å²) in [5.74, 6) is -0.604. The number of aryl methyl sites for hydroxylation is 1.